The van der Waals surface area contributed by atoms with Gasteiger partial charge in [0.05, 0.1) is 6.10 Å². The predicted octanol–water partition coefficient (Wildman–Crippen LogP) is 3.27. The Labute approximate surface area is 104 Å². The third-order valence-corrected chi connectivity index (χ3v) is 3.04. The molecule has 0 radical (unpaired) electrons. The molecule has 2 nitrogen and oxygen atoms in total. The molecule has 1 fully saturated rings. The second-order valence-corrected chi connectivity index (χ2v) is 4.74. The van der Waals surface area contributed by atoms with E-state index in [1.807, 2.05) is 0 Å². The van der Waals surface area contributed by atoms with Crippen LogP contribution in [0.5, 0.6) is 0 Å². The average molecular weight is 259 g/mol. The molecule has 0 aliphatic heterocycles. The van der Waals surface area contributed by atoms with E-state index >= 15 is 0 Å². The Morgan fingerprint density at radius 1 is 1.28 bits per heavy atom. The Kier molecular flexibility index (Phi) is 3.52. The van der Waals surface area contributed by atoms with Crippen molar-refractivity contribution in [1.29, 1.82) is 0 Å². The Morgan fingerprint density at radius 3 is 2.22 bits per heavy atom. The lowest BCUT2D eigenvalue weighted by Gasteiger charge is -2.26. The van der Waals surface area contributed by atoms with E-state index in [2.05, 4.69) is 0 Å². The van der Waals surface area contributed by atoms with Crippen LogP contribution in [0.15, 0.2) is 24.3 Å². The van der Waals surface area contributed by atoms with Crippen LogP contribution in [0.1, 0.15) is 31.4 Å². The summed E-state index contributed by atoms with van der Waals surface area (Å²) >= 11 is 0. The van der Waals surface area contributed by atoms with Crippen LogP contribution in [0.4, 0.5) is 18.9 Å². The normalized spacial score (nSPS) is 17.6. The van der Waals surface area contributed by atoms with Crippen LogP contribution in [0.2, 0.25) is 0 Å². The first kappa shape index (κ1) is 13.2. The fourth-order valence-corrected chi connectivity index (χ4v) is 1.95. The number of alkyl halides is 3. The van der Waals surface area contributed by atoms with E-state index < -0.39 is 18.8 Å². The number of benzene rings is 1. The third-order valence-electron chi connectivity index (χ3n) is 3.04. The summed E-state index contributed by atoms with van der Waals surface area (Å²) in [6, 6.07) is 6.64. The van der Waals surface area contributed by atoms with Crippen LogP contribution >= 0.6 is 0 Å². The van der Waals surface area contributed by atoms with Crippen molar-refractivity contribution in [3.8, 4) is 0 Å². The highest BCUT2D eigenvalue weighted by Gasteiger charge is 2.38. The molecule has 2 rings (SSSR count). The van der Waals surface area contributed by atoms with Gasteiger partial charge >= 0.3 is 6.18 Å². The first-order valence-corrected chi connectivity index (χ1v) is 5.98. The minimum atomic E-state index is -4.19. The number of halogens is 3. The summed E-state index contributed by atoms with van der Waals surface area (Å²) in [7, 11) is 0. The lowest BCUT2D eigenvalue weighted by molar-refractivity contribution is -0.120. The highest BCUT2D eigenvalue weighted by atomic mass is 19.4. The summed E-state index contributed by atoms with van der Waals surface area (Å²) in [4.78, 5) is 1.39. The van der Waals surface area contributed by atoms with Gasteiger partial charge in [0.25, 0.3) is 0 Å². The van der Waals surface area contributed by atoms with Crippen molar-refractivity contribution >= 4 is 5.69 Å². The van der Waals surface area contributed by atoms with E-state index in [1.54, 1.807) is 31.2 Å². The molecule has 1 atom stereocenters. The summed E-state index contributed by atoms with van der Waals surface area (Å²) < 4.78 is 37.5. The first-order valence-electron chi connectivity index (χ1n) is 5.98. The van der Waals surface area contributed by atoms with Crippen molar-refractivity contribution in [3.63, 3.8) is 0 Å². The molecule has 0 heterocycles. The summed E-state index contributed by atoms with van der Waals surface area (Å²) in [5.74, 6) is 0. The van der Waals surface area contributed by atoms with Crippen LogP contribution in [0, 0.1) is 0 Å². The van der Waals surface area contributed by atoms with Gasteiger partial charge in [0, 0.05) is 11.7 Å². The van der Waals surface area contributed by atoms with E-state index in [-0.39, 0.29) is 6.04 Å². The zero-order valence-corrected chi connectivity index (χ0v) is 10.1. The van der Waals surface area contributed by atoms with Crippen molar-refractivity contribution in [1.82, 2.24) is 0 Å². The number of aliphatic hydroxyl groups excluding tert-OH is 1. The first-order chi connectivity index (χ1) is 8.37. The molecule has 1 aliphatic carbocycles. The quantitative estimate of drug-likeness (QED) is 0.897. The SMILES string of the molecule is C[C@H](O)c1ccc(N(CC(F)(F)F)C2CC2)cc1. The van der Waals surface area contributed by atoms with Gasteiger partial charge in [0.15, 0.2) is 0 Å². The number of hydrogen-bond donors (Lipinski definition) is 1. The Bertz CT molecular complexity index is 396. The summed E-state index contributed by atoms with van der Waals surface area (Å²) in [6.07, 6.45) is -3.16. The number of hydrogen-bond acceptors (Lipinski definition) is 2. The molecule has 0 saturated heterocycles. The van der Waals surface area contributed by atoms with E-state index in [1.165, 1.54) is 4.90 Å². The third kappa shape index (κ3) is 3.38. The fourth-order valence-electron chi connectivity index (χ4n) is 1.95. The number of aliphatic hydroxyl groups is 1. The van der Waals surface area contributed by atoms with Crippen LogP contribution in [0.3, 0.4) is 0 Å². The molecule has 0 amide bonds. The standard InChI is InChI=1S/C13H16F3NO/c1-9(18)10-2-4-11(5-3-10)17(12-6-7-12)8-13(14,15)16/h2-5,9,12,18H,6-8H2,1H3/t9-/m0/s1. The van der Waals surface area contributed by atoms with Gasteiger partial charge < -0.3 is 10.0 Å². The summed E-state index contributed by atoms with van der Waals surface area (Å²) in [5.41, 5.74) is 1.28. The monoisotopic (exact) mass is 259 g/mol. The molecule has 100 valence electrons. The highest BCUT2D eigenvalue weighted by molar-refractivity contribution is 5.50. The molecule has 1 saturated carbocycles. The van der Waals surface area contributed by atoms with Gasteiger partial charge in [-0.3, -0.25) is 0 Å². The van der Waals surface area contributed by atoms with Crippen molar-refractivity contribution in [3.05, 3.63) is 29.8 Å². The Hall–Kier alpha value is -1.23. The number of rotatable bonds is 4. The molecule has 1 aliphatic rings. The molecule has 1 aromatic rings. The summed E-state index contributed by atoms with van der Waals surface area (Å²) in [5, 5.41) is 9.37. The topological polar surface area (TPSA) is 23.5 Å². The fraction of sp³-hybridized carbons (Fsp3) is 0.538. The summed E-state index contributed by atoms with van der Waals surface area (Å²) in [6.45, 7) is 0.717. The molecule has 1 N–H and O–H groups in total. The molecule has 0 spiro atoms. The maximum atomic E-state index is 12.5. The van der Waals surface area contributed by atoms with Crippen molar-refractivity contribution in [2.45, 2.75) is 38.1 Å². The molecule has 1 aromatic carbocycles. The maximum absolute atomic E-state index is 12.5. The van der Waals surface area contributed by atoms with Gasteiger partial charge in [-0.15, -0.1) is 0 Å². The van der Waals surface area contributed by atoms with Crippen LogP contribution in [-0.4, -0.2) is 23.9 Å². The predicted molar refractivity (Wildman–Crippen MR) is 63.5 cm³/mol. The van der Waals surface area contributed by atoms with E-state index in [9.17, 15) is 18.3 Å². The Morgan fingerprint density at radius 2 is 1.83 bits per heavy atom. The molecule has 0 aromatic heterocycles. The minimum Gasteiger partial charge on any atom is -0.389 e. The van der Waals surface area contributed by atoms with Crippen molar-refractivity contribution in [2.75, 3.05) is 11.4 Å². The second-order valence-electron chi connectivity index (χ2n) is 4.74. The van der Waals surface area contributed by atoms with Crippen molar-refractivity contribution < 1.29 is 18.3 Å². The van der Waals surface area contributed by atoms with Crippen molar-refractivity contribution in [2.24, 2.45) is 0 Å². The van der Waals surface area contributed by atoms with E-state index in [0.717, 1.165) is 12.8 Å². The molecule has 0 bridgehead atoms. The lowest BCUT2D eigenvalue weighted by Crippen LogP contribution is -2.35. The zero-order valence-electron chi connectivity index (χ0n) is 10.1. The van der Waals surface area contributed by atoms with Crippen LogP contribution in [0.25, 0.3) is 0 Å². The molecular weight excluding hydrogens is 243 g/mol. The molecule has 18 heavy (non-hydrogen) atoms. The molecular formula is C13H16F3NO. The second kappa shape index (κ2) is 4.80. The van der Waals surface area contributed by atoms with Gasteiger partial charge in [0.1, 0.15) is 6.54 Å². The largest absolute Gasteiger partial charge is 0.405 e. The Balaban J connectivity index is 2.15. The van der Waals surface area contributed by atoms with Gasteiger partial charge in [-0.05, 0) is 37.5 Å². The smallest absolute Gasteiger partial charge is 0.389 e. The van der Waals surface area contributed by atoms with Gasteiger partial charge in [-0.1, -0.05) is 12.1 Å². The van der Waals surface area contributed by atoms with Gasteiger partial charge in [-0.25, -0.2) is 0 Å². The van der Waals surface area contributed by atoms with Crippen LogP contribution in [-0.2, 0) is 0 Å². The number of nitrogens with zero attached hydrogens (tertiary/aromatic N) is 1. The van der Waals surface area contributed by atoms with E-state index in [0.29, 0.717) is 11.3 Å². The highest BCUT2D eigenvalue weighted by Crippen LogP contribution is 2.34. The van der Waals surface area contributed by atoms with E-state index in [4.69, 9.17) is 0 Å². The zero-order chi connectivity index (χ0) is 13.3. The lowest BCUT2D eigenvalue weighted by atomic mass is 10.1. The van der Waals surface area contributed by atoms with Gasteiger partial charge in [-0.2, -0.15) is 13.2 Å². The average Bonchev–Trinajstić information content (AvgIpc) is 3.08. The number of anilines is 1. The van der Waals surface area contributed by atoms with Gasteiger partial charge in [0.2, 0.25) is 0 Å². The maximum Gasteiger partial charge on any atom is 0.405 e. The molecule has 5 heteroatoms. The molecule has 0 unspecified atom stereocenters. The minimum absolute atomic E-state index is 0.00373. The van der Waals surface area contributed by atoms with Crippen LogP contribution < -0.4 is 4.90 Å².